The van der Waals surface area contributed by atoms with Gasteiger partial charge in [0.05, 0.1) is 24.5 Å². The lowest BCUT2D eigenvalue weighted by atomic mass is 10.1. The summed E-state index contributed by atoms with van der Waals surface area (Å²) in [6.07, 6.45) is -1.83. The summed E-state index contributed by atoms with van der Waals surface area (Å²) in [7, 11) is 0. The summed E-state index contributed by atoms with van der Waals surface area (Å²) in [6, 6.07) is 10.9. The second-order valence-electron chi connectivity index (χ2n) is 8.06. The van der Waals surface area contributed by atoms with Crippen LogP contribution < -0.4 is 11.2 Å². The van der Waals surface area contributed by atoms with Gasteiger partial charge in [0.1, 0.15) is 24.8 Å². The molecule has 184 valence electrons. The van der Waals surface area contributed by atoms with Crippen molar-refractivity contribution in [1.82, 2.24) is 9.55 Å². The topological polar surface area (TPSA) is 99.6 Å². The van der Waals surface area contributed by atoms with Crippen molar-refractivity contribution >= 4 is 17.6 Å². The molecule has 1 fully saturated rings. The molecule has 0 spiro atoms. The van der Waals surface area contributed by atoms with E-state index >= 15 is 0 Å². The summed E-state index contributed by atoms with van der Waals surface area (Å²) in [5, 5.41) is 0.232. The molecule has 0 saturated carbocycles. The fraction of sp³-hybridized carbons (Fsp3) is 0.292. The van der Waals surface area contributed by atoms with Crippen LogP contribution in [0.1, 0.15) is 34.1 Å². The molecule has 3 atom stereocenters. The molecule has 2 heterocycles. The first-order valence-corrected chi connectivity index (χ1v) is 11.0. The molecular formula is C24H21ClF2N2O6. The van der Waals surface area contributed by atoms with Crippen molar-refractivity contribution in [1.29, 1.82) is 0 Å². The minimum absolute atomic E-state index is 0.0490. The predicted molar refractivity (Wildman–Crippen MR) is 121 cm³/mol. The maximum Gasteiger partial charge on any atom is 0.338 e. The summed E-state index contributed by atoms with van der Waals surface area (Å²) in [5.74, 6) is -2.32. The van der Waals surface area contributed by atoms with Crippen molar-refractivity contribution in [2.24, 2.45) is 0 Å². The van der Waals surface area contributed by atoms with Crippen LogP contribution >= 0.6 is 11.6 Å². The van der Waals surface area contributed by atoms with Crippen molar-refractivity contribution < 1.29 is 27.8 Å². The van der Waals surface area contributed by atoms with E-state index in [0.717, 1.165) is 22.4 Å². The molecule has 0 unspecified atom stereocenters. The first-order chi connectivity index (χ1) is 16.7. The second-order valence-corrected chi connectivity index (χ2v) is 8.49. The number of benzene rings is 2. The van der Waals surface area contributed by atoms with E-state index in [1.165, 1.54) is 12.1 Å². The molecule has 0 aliphatic carbocycles. The Morgan fingerprint density at radius 2 is 1.91 bits per heavy atom. The van der Waals surface area contributed by atoms with Gasteiger partial charge >= 0.3 is 11.7 Å². The number of ether oxygens (including phenoxy) is 3. The lowest BCUT2D eigenvalue weighted by molar-refractivity contribution is -0.0711. The SMILES string of the molecule is Cc1ccc(C(=O)OC[C@H]2O[C@@H](n3cc(F)c(=O)[nH]c3=O)C[C@@H]2OCc2ccc(Cl)cc2F)cc1. The van der Waals surface area contributed by atoms with E-state index < -0.39 is 47.3 Å². The largest absolute Gasteiger partial charge is 0.459 e. The van der Waals surface area contributed by atoms with Crippen molar-refractivity contribution in [3.63, 3.8) is 0 Å². The summed E-state index contributed by atoms with van der Waals surface area (Å²) in [4.78, 5) is 37.9. The monoisotopic (exact) mass is 506 g/mol. The van der Waals surface area contributed by atoms with Crippen molar-refractivity contribution in [3.05, 3.63) is 103 Å². The van der Waals surface area contributed by atoms with Crippen LogP contribution in [0.3, 0.4) is 0 Å². The normalized spacial score (nSPS) is 19.6. The molecule has 1 N–H and O–H groups in total. The zero-order chi connectivity index (χ0) is 25.1. The van der Waals surface area contributed by atoms with Gasteiger partial charge in [0.25, 0.3) is 5.56 Å². The number of aryl methyl sites for hydroxylation is 1. The molecule has 8 nitrogen and oxygen atoms in total. The molecule has 3 aromatic rings. The quantitative estimate of drug-likeness (QED) is 0.492. The number of nitrogens with one attached hydrogen (secondary N) is 1. The molecule has 0 bridgehead atoms. The van der Waals surface area contributed by atoms with Crippen LogP contribution in [0.5, 0.6) is 0 Å². The van der Waals surface area contributed by atoms with Gasteiger partial charge in [-0.15, -0.1) is 0 Å². The van der Waals surface area contributed by atoms with Crippen molar-refractivity contribution in [2.45, 2.75) is 38.4 Å². The van der Waals surface area contributed by atoms with E-state index in [0.29, 0.717) is 5.56 Å². The highest BCUT2D eigenvalue weighted by atomic mass is 35.5. The Morgan fingerprint density at radius 1 is 1.17 bits per heavy atom. The summed E-state index contributed by atoms with van der Waals surface area (Å²) < 4.78 is 45.9. The van der Waals surface area contributed by atoms with Gasteiger partial charge in [-0.1, -0.05) is 35.4 Å². The number of H-pyrrole nitrogens is 1. The Bertz CT molecular complexity index is 1340. The van der Waals surface area contributed by atoms with Crippen LogP contribution in [0, 0.1) is 18.6 Å². The minimum Gasteiger partial charge on any atom is -0.459 e. The number of carbonyl (C=O) groups excluding carboxylic acids is 1. The smallest absolute Gasteiger partial charge is 0.338 e. The van der Waals surface area contributed by atoms with Crippen LogP contribution in [0.15, 0.2) is 58.3 Å². The lowest BCUT2D eigenvalue weighted by Crippen LogP contribution is -2.34. The number of aromatic amines is 1. The van der Waals surface area contributed by atoms with Crippen LogP contribution in [0.4, 0.5) is 8.78 Å². The number of esters is 1. The summed E-state index contributed by atoms with van der Waals surface area (Å²) in [5.41, 5.74) is -0.477. The molecule has 35 heavy (non-hydrogen) atoms. The van der Waals surface area contributed by atoms with Crippen LogP contribution in [0.2, 0.25) is 5.02 Å². The Kier molecular flexibility index (Phi) is 7.44. The van der Waals surface area contributed by atoms with E-state index in [-0.39, 0.29) is 30.2 Å². The van der Waals surface area contributed by atoms with Gasteiger partial charge < -0.3 is 14.2 Å². The maximum absolute atomic E-state index is 14.2. The number of nitrogens with zero attached hydrogens (tertiary/aromatic N) is 1. The highest BCUT2D eigenvalue weighted by molar-refractivity contribution is 6.30. The van der Waals surface area contributed by atoms with Crippen molar-refractivity contribution in [3.8, 4) is 0 Å². The summed E-state index contributed by atoms with van der Waals surface area (Å²) >= 11 is 5.79. The third kappa shape index (κ3) is 5.84. The Hall–Kier alpha value is -3.34. The Morgan fingerprint density at radius 3 is 2.63 bits per heavy atom. The van der Waals surface area contributed by atoms with Gasteiger partial charge in [-0.2, -0.15) is 4.39 Å². The fourth-order valence-corrected chi connectivity index (χ4v) is 3.80. The number of rotatable bonds is 7. The third-order valence-electron chi connectivity index (χ3n) is 5.55. The number of aromatic nitrogens is 2. The standard InChI is InChI=1S/C24H21ClF2N2O6/c1-13-2-4-14(5-3-13)23(31)34-12-20-19(33-11-15-6-7-16(25)8-17(15)26)9-21(35-20)29-10-18(27)22(30)28-24(29)32/h2-8,10,19-21H,9,11-12H2,1H3,(H,28,30,32)/t19-,20+,21+/m0/s1. The number of hydrogen-bond donors (Lipinski definition) is 1. The molecule has 2 aromatic carbocycles. The molecule has 1 aliphatic heterocycles. The van der Waals surface area contributed by atoms with E-state index in [2.05, 4.69) is 0 Å². The second kappa shape index (κ2) is 10.5. The van der Waals surface area contributed by atoms with E-state index in [4.69, 9.17) is 25.8 Å². The van der Waals surface area contributed by atoms with Gasteiger partial charge in [-0.05, 0) is 31.2 Å². The van der Waals surface area contributed by atoms with E-state index in [9.17, 15) is 23.2 Å². The summed E-state index contributed by atoms with van der Waals surface area (Å²) in [6.45, 7) is 1.49. The highest BCUT2D eigenvalue weighted by Crippen LogP contribution is 2.31. The van der Waals surface area contributed by atoms with Crippen LogP contribution in [-0.4, -0.2) is 34.3 Å². The van der Waals surface area contributed by atoms with E-state index in [1.807, 2.05) is 11.9 Å². The zero-order valence-corrected chi connectivity index (χ0v) is 19.3. The number of halogens is 3. The number of carbonyl (C=O) groups is 1. The average molecular weight is 507 g/mol. The van der Waals surface area contributed by atoms with Gasteiger partial charge in [0, 0.05) is 17.0 Å². The zero-order valence-electron chi connectivity index (χ0n) is 18.5. The molecule has 1 aromatic heterocycles. The maximum atomic E-state index is 14.2. The molecule has 1 aliphatic rings. The molecule has 11 heteroatoms. The first-order valence-electron chi connectivity index (χ1n) is 10.7. The highest BCUT2D eigenvalue weighted by Gasteiger charge is 2.39. The minimum atomic E-state index is -1.16. The molecular weight excluding hydrogens is 486 g/mol. The van der Waals surface area contributed by atoms with Crippen LogP contribution in [-0.2, 0) is 20.8 Å². The third-order valence-corrected chi connectivity index (χ3v) is 5.78. The number of hydrogen-bond acceptors (Lipinski definition) is 6. The van der Waals surface area contributed by atoms with Crippen LogP contribution in [0.25, 0.3) is 0 Å². The fourth-order valence-electron chi connectivity index (χ4n) is 3.64. The lowest BCUT2D eigenvalue weighted by Gasteiger charge is -2.19. The molecule has 0 amide bonds. The van der Waals surface area contributed by atoms with E-state index in [1.54, 1.807) is 24.3 Å². The first kappa shape index (κ1) is 24.8. The Balaban J connectivity index is 1.51. The van der Waals surface area contributed by atoms with Gasteiger partial charge in [0.2, 0.25) is 5.82 Å². The van der Waals surface area contributed by atoms with Gasteiger partial charge in [-0.25, -0.2) is 14.0 Å². The average Bonchev–Trinajstić information content (AvgIpc) is 3.22. The van der Waals surface area contributed by atoms with Gasteiger partial charge in [-0.3, -0.25) is 14.3 Å². The Labute approximate surface area is 203 Å². The van der Waals surface area contributed by atoms with Crippen molar-refractivity contribution in [2.75, 3.05) is 6.61 Å². The molecule has 0 radical (unpaired) electrons. The molecule has 1 saturated heterocycles. The predicted octanol–water partition coefficient (Wildman–Crippen LogP) is 3.51. The molecule has 4 rings (SSSR count). The van der Waals surface area contributed by atoms with Gasteiger partial charge in [0.15, 0.2) is 0 Å².